The Hall–Kier alpha value is -1.45. The molecule has 0 aromatic carbocycles. The lowest BCUT2D eigenvalue weighted by atomic mass is 10.1. The number of piperazine rings is 1. The molecule has 0 radical (unpaired) electrons. The van der Waals surface area contributed by atoms with Gasteiger partial charge in [-0.05, 0) is 17.9 Å². The largest absolute Gasteiger partial charge is 0.478 e. The number of carbonyl (C=O) groups excluding carboxylic acids is 1. The van der Waals surface area contributed by atoms with Gasteiger partial charge >= 0.3 is 5.97 Å². The molecular weight excluding hydrogens is 352 g/mol. The number of hydrogen-bond acceptors (Lipinski definition) is 5. The Labute approximate surface area is 144 Å². The van der Waals surface area contributed by atoms with E-state index in [0.717, 1.165) is 17.8 Å². The first kappa shape index (κ1) is 17.4. The molecule has 1 aliphatic heterocycles. The van der Waals surface area contributed by atoms with Gasteiger partial charge in [0.2, 0.25) is 5.91 Å². The van der Waals surface area contributed by atoms with E-state index in [1.165, 1.54) is 15.8 Å². The maximum atomic E-state index is 12.6. The zero-order valence-electron chi connectivity index (χ0n) is 13.6. The van der Waals surface area contributed by atoms with Crippen LogP contribution < -0.4 is 0 Å². The van der Waals surface area contributed by atoms with E-state index in [2.05, 4.69) is 13.8 Å². The normalized spacial score (nSPS) is 23.9. The number of nitrogens with zero attached hydrogens (tertiary/aromatic N) is 2. The van der Waals surface area contributed by atoms with Gasteiger partial charge in [0.1, 0.15) is 4.21 Å². The van der Waals surface area contributed by atoms with E-state index >= 15 is 0 Å². The average Bonchev–Trinajstić information content (AvgIpc) is 2.96. The molecule has 0 spiro atoms. The number of carbonyl (C=O) groups is 2. The topological polar surface area (TPSA) is 95.0 Å². The third kappa shape index (κ3) is 3.07. The summed E-state index contributed by atoms with van der Waals surface area (Å²) in [5.41, 5.74) is 0.0353. The van der Waals surface area contributed by atoms with Crippen molar-refractivity contribution in [2.75, 3.05) is 26.2 Å². The highest BCUT2D eigenvalue weighted by molar-refractivity contribution is 7.91. The minimum absolute atomic E-state index is 0.0247. The second kappa shape index (κ2) is 5.82. The fourth-order valence-electron chi connectivity index (χ4n) is 2.95. The number of rotatable bonds is 4. The van der Waals surface area contributed by atoms with Crippen molar-refractivity contribution in [1.82, 2.24) is 9.21 Å². The Balaban J connectivity index is 1.65. The van der Waals surface area contributed by atoms with E-state index in [9.17, 15) is 18.0 Å². The van der Waals surface area contributed by atoms with Gasteiger partial charge in [0.05, 0.1) is 5.56 Å². The first-order valence-corrected chi connectivity index (χ1v) is 10.1. The van der Waals surface area contributed by atoms with Crippen molar-refractivity contribution >= 4 is 33.2 Å². The van der Waals surface area contributed by atoms with Crippen molar-refractivity contribution in [3.8, 4) is 0 Å². The molecule has 3 rings (SSSR count). The van der Waals surface area contributed by atoms with E-state index in [1.807, 2.05) is 0 Å². The van der Waals surface area contributed by atoms with Gasteiger partial charge in [0, 0.05) is 37.5 Å². The third-order valence-electron chi connectivity index (χ3n) is 4.78. The molecule has 2 aliphatic rings. The summed E-state index contributed by atoms with van der Waals surface area (Å²) < 4.78 is 26.5. The smallest absolute Gasteiger partial charge is 0.336 e. The van der Waals surface area contributed by atoms with Crippen LogP contribution in [0, 0.1) is 11.3 Å². The molecule has 0 bridgehead atoms. The minimum atomic E-state index is -3.70. The lowest BCUT2D eigenvalue weighted by Crippen LogP contribution is -2.51. The van der Waals surface area contributed by atoms with E-state index < -0.39 is 16.0 Å². The fourth-order valence-corrected chi connectivity index (χ4v) is 5.68. The quantitative estimate of drug-likeness (QED) is 0.860. The Morgan fingerprint density at radius 3 is 2.29 bits per heavy atom. The van der Waals surface area contributed by atoms with E-state index in [1.54, 1.807) is 4.90 Å². The van der Waals surface area contributed by atoms with E-state index in [4.69, 9.17) is 5.11 Å². The van der Waals surface area contributed by atoms with Crippen molar-refractivity contribution < 1.29 is 23.1 Å². The Bertz CT molecular complexity index is 776. The van der Waals surface area contributed by atoms with Gasteiger partial charge in [-0.2, -0.15) is 4.31 Å². The van der Waals surface area contributed by atoms with Gasteiger partial charge in [-0.3, -0.25) is 4.79 Å². The summed E-state index contributed by atoms with van der Waals surface area (Å²) in [5, 5.41) is 10.2. The Morgan fingerprint density at radius 1 is 1.25 bits per heavy atom. The van der Waals surface area contributed by atoms with Gasteiger partial charge in [-0.15, -0.1) is 11.3 Å². The molecule has 0 unspecified atom stereocenters. The first-order valence-electron chi connectivity index (χ1n) is 7.74. The van der Waals surface area contributed by atoms with Crippen LogP contribution in [0.4, 0.5) is 0 Å². The van der Waals surface area contributed by atoms with Gasteiger partial charge in [0.15, 0.2) is 0 Å². The maximum absolute atomic E-state index is 12.6. The Kier molecular flexibility index (Phi) is 4.21. The number of amides is 1. The number of carboxylic acids is 1. The standard InChI is InChI=1S/C15H20N2O5S2/c1-15(2)8-11(15)13(18)16-3-5-17(6-4-16)24(21,22)12-7-10(9-23-12)14(19)20/h7,9,11H,3-6,8H2,1-2H3,(H,19,20)/t11-/m1/s1. The lowest BCUT2D eigenvalue weighted by molar-refractivity contribution is -0.134. The molecule has 1 amide bonds. The second-order valence-corrected chi connectivity index (χ2v) is 10.0. The van der Waals surface area contributed by atoms with Crippen molar-refractivity contribution in [2.24, 2.45) is 11.3 Å². The van der Waals surface area contributed by atoms with Crippen molar-refractivity contribution in [2.45, 2.75) is 24.5 Å². The van der Waals surface area contributed by atoms with Crippen molar-refractivity contribution in [1.29, 1.82) is 0 Å². The Morgan fingerprint density at radius 2 is 1.83 bits per heavy atom. The molecule has 2 heterocycles. The summed E-state index contributed by atoms with van der Waals surface area (Å²) in [6, 6.07) is 1.19. The number of sulfonamides is 1. The monoisotopic (exact) mass is 372 g/mol. The summed E-state index contributed by atoms with van der Waals surface area (Å²) in [4.78, 5) is 25.0. The van der Waals surface area contributed by atoms with E-state index in [0.29, 0.717) is 13.1 Å². The summed E-state index contributed by atoms with van der Waals surface area (Å²) in [6.07, 6.45) is 0.886. The van der Waals surface area contributed by atoms with Crippen LogP contribution in [-0.4, -0.2) is 60.8 Å². The molecule has 1 saturated heterocycles. The molecule has 2 fully saturated rings. The van der Waals surface area contributed by atoms with Gasteiger partial charge in [-0.25, -0.2) is 13.2 Å². The van der Waals surface area contributed by atoms with E-state index in [-0.39, 0.29) is 40.1 Å². The molecule has 7 nitrogen and oxygen atoms in total. The second-order valence-electron chi connectivity index (χ2n) is 6.93. The minimum Gasteiger partial charge on any atom is -0.478 e. The molecule has 9 heteroatoms. The summed E-state index contributed by atoms with van der Waals surface area (Å²) in [7, 11) is -3.70. The number of hydrogen-bond donors (Lipinski definition) is 1. The van der Waals surface area contributed by atoms with Crippen LogP contribution in [0.15, 0.2) is 15.7 Å². The van der Waals surface area contributed by atoms with Crippen LogP contribution in [-0.2, 0) is 14.8 Å². The van der Waals surface area contributed by atoms with Gasteiger partial charge in [-0.1, -0.05) is 13.8 Å². The number of thiophene rings is 1. The SMILES string of the molecule is CC1(C)C[C@@H]1C(=O)N1CCN(S(=O)(=O)c2cc(C(=O)O)cs2)CC1. The highest BCUT2D eigenvalue weighted by Crippen LogP contribution is 2.52. The molecule has 24 heavy (non-hydrogen) atoms. The summed E-state index contributed by atoms with van der Waals surface area (Å²) in [6.45, 7) is 5.35. The third-order valence-corrected chi connectivity index (χ3v) is 8.09. The predicted octanol–water partition coefficient (Wildman–Crippen LogP) is 1.33. The highest BCUT2D eigenvalue weighted by atomic mass is 32.2. The molecule has 1 aromatic heterocycles. The summed E-state index contributed by atoms with van der Waals surface area (Å²) in [5.74, 6) is -0.979. The number of aromatic carboxylic acids is 1. The fraction of sp³-hybridized carbons (Fsp3) is 0.600. The highest BCUT2D eigenvalue weighted by Gasteiger charge is 2.52. The average molecular weight is 372 g/mol. The van der Waals surface area contributed by atoms with Gasteiger partial charge in [0.25, 0.3) is 10.0 Å². The molecule has 1 N–H and O–H groups in total. The van der Waals surface area contributed by atoms with Crippen molar-refractivity contribution in [3.05, 3.63) is 17.0 Å². The van der Waals surface area contributed by atoms with Crippen LogP contribution in [0.25, 0.3) is 0 Å². The predicted molar refractivity (Wildman–Crippen MR) is 88.5 cm³/mol. The molecule has 132 valence electrons. The summed E-state index contributed by atoms with van der Waals surface area (Å²) >= 11 is 0.909. The molecule has 1 atom stereocenters. The van der Waals surface area contributed by atoms with Crippen LogP contribution in [0.2, 0.25) is 0 Å². The van der Waals surface area contributed by atoms with Crippen LogP contribution >= 0.6 is 11.3 Å². The van der Waals surface area contributed by atoms with Crippen LogP contribution in [0.1, 0.15) is 30.6 Å². The van der Waals surface area contributed by atoms with Crippen LogP contribution in [0.5, 0.6) is 0 Å². The lowest BCUT2D eigenvalue weighted by Gasteiger charge is -2.34. The molecule has 1 saturated carbocycles. The zero-order valence-corrected chi connectivity index (χ0v) is 15.2. The first-order chi connectivity index (χ1) is 11.1. The molecule has 1 aliphatic carbocycles. The molecular formula is C15H20N2O5S2. The number of carboxylic acid groups (broad SMARTS) is 1. The van der Waals surface area contributed by atoms with Crippen LogP contribution in [0.3, 0.4) is 0 Å². The van der Waals surface area contributed by atoms with Crippen molar-refractivity contribution in [3.63, 3.8) is 0 Å². The zero-order chi connectivity index (χ0) is 17.7. The molecule has 1 aromatic rings. The maximum Gasteiger partial charge on any atom is 0.336 e. The van der Waals surface area contributed by atoms with Gasteiger partial charge < -0.3 is 10.0 Å².